The molecule has 1 unspecified atom stereocenters. The molecule has 2 heteroatoms. The fourth-order valence-electron chi connectivity index (χ4n) is 2.25. The van der Waals surface area contributed by atoms with Gasteiger partial charge in [-0.3, -0.25) is 0 Å². The molecule has 0 heterocycles. The summed E-state index contributed by atoms with van der Waals surface area (Å²) in [5, 5.41) is 0. The topological polar surface area (TPSA) is 3.24 Å². The second-order valence-electron chi connectivity index (χ2n) is 4.61. The smallest absolute Gasteiger partial charge is 0.0724 e. The summed E-state index contributed by atoms with van der Waals surface area (Å²) >= 11 is 0. The predicted octanol–water partition coefficient (Wildman–Crippen LogP) is 3.54. The number of hydrogen-bond acceptors (Lipinski definition) is 1. The maximum absolute atomic E-state index is 2.38. The van der Waals surface area contributed by atoms with E-state index in [0.717, 1.165) is 0 Å². The lowest BCUT2D eigenvalue weighted by atomic mass is 10.6. The normalized spacial score (nSPS) is 16.4. The van der Waals surface area contributed by atoms with Crippen molar-refractivity contribution in [3.63, 3.8) is 0 Å². The van der Waals surface area contributed by atoms with Crippen LogP contribution in [-0.4, -0.2) is 33.2 Å². The van der Waals surface area contributed by atoms with Gasteiger partial charge in [-0.1, -0.05) is 44.5 Å². The Kier molecular flexibility index (Phi) is 7.20. The van der Waals surface area contributed by atoms with Gasteiger partial charge in [-0.15, -0.1) is 0 Å². The van der Waals surface area contributed by atoms with Crippen LogP contribution in [0.3, 0.4) is 0 Å². The Bertz CT molecular complexity index is 166. The zero-order valence-corrected chi connectivity index (χ0v) is 11.6. The highest BCUT2D eigenvalue weighted by atomic mass is 28.3. The minimum absolute atomic E-state index is 1.01. The summed E-state index contributed by atoms with van der Waals surface area (Å²) in [6.45, 7) is 6.84. The van der Waals surface area contributed by atoms with Crippen molar-refractivity contribution in [3.05, 3.63) is 12.2 Å². The summed E-state index contributed by atoms with van der Waals surface area (Å²) < 4.78 is 0. The second kappa shape index (κ2) is 7.24. The second-order valence-corrected chi connectivity index (χ2v) is 9.55. The Balaban J connectivity index is 4.41. The van der Waals surface area contributed by atoms with Crippen LogP contribution < -0.4 is 0 Å². The minimum Gasteiger partial charge on any atom is -0.312 e. The molecule has 0 aromatic heterocycles. The van der Waals surface area contributed by atoms with Crippen molar-refractivity contribution < 1.29 is 0 Å². The van der Waals surface area contributed by atoms with E-state index in [1.165, 1.54) is 30.7 Å². The first-order chi connectivity index (χ1) is 6.60. The Morgan fingerprint density at radius 3 is 2.21 bits per heavy atom. The van der Waals surface area contributed by atoms with Crippen LogP contribution in [-0.2, 0) is 0 Å². The molecular weight excluding hydrogens is 186 g/mol. The zero-order valence-electron chi connectivity index (χ0n) is 10.6. The molecule has 0 bridgehead atoms. The minimum atomic E-state index is -1.01. The molecule has 84 valence electrons. The average Bonchev–Trinajstić information content (AvgIpc) is 2.14. The standard InChI is InChI=1S/C12H27NSi/c1-6-9-11-14(8-3,10-7-2)12-13(4)5/h6,9H,7-8,10-12H2,1-5H3. The molecule has 0 amide bonds. The van der Waals surface area contributed by atoms with Gasteiger partial charge in [0.15, 0.2) is 0 Å². The maximum Gasteiger partial charge on any atom is 0.0724 e. The van der Waals surface area contributed by atoms with Crippen LogP contribution in [0, 0.1) is 0 Å². The third-order valence-electron chi connectivity index (χ3n) is 2.97. The van der Waals surface area contributed by atoms with Crippen molar-refractivity contribution in [2.24, 2.45) is 0 Å². The van der Waals surface area contributed by atoms with E-state index in [-0.39, 0.29) is 0 Å². The molecule has 0 aromatic rings. The van der Waals surface area contributed by atoms with E-state index in [0.29, 0.717) is 0 Å². The first kappa shape index (κ1) is 13.9. The van der Waals surface area contributed by atoms with Gasteiger partial charge in [-0.2, -0.15) is 0 Å². The van der Waals surface area contributed by atoms with Crippen LogP contribution in [0.15, 0.2) is 12.2 Å². The van der Waals surface area contributed by atoms with E-state index in [1.807, 2.05) is 0 Å². The first-order valence-corrected chi connectivity index (χ1v) is 8.69. The highest BCUT2D eigenvalue weighted by Crippen LogP contribution is 2.23. The molecule has 0 rings (SSSR count). The molecule has 0 aliphatic heterocycles. The molecule has 0 saturated carbocycles. The third kappa shape index (κ3) is 4.96. The largest absolute Gasteiger partial charge is 0.312 e. The predicted molar refractivity (Wildman–Crippen MR) is 69.5 cm³/mol. The summed E-state index contributed by atoms with van der Waals surface area (Å²) in [5.41, 5.74) is 0. The van der Waals surface area contributed by atoms with Crippen molar-refractivity contribution >= 4 is 8.07 Å². The van der Waals surface area contributed by atoms with E-state index >= 15 is 0 Å². The lowest BCUT2D eigenvalue weighted by Gasteiger charge is -2.32. The van der Waals surface area contributed by atoms with E-state index < -0.39 is 8.07 Å². The highest BCUT2D eigenvalue weighted by molar-refractivity contribution is 6.80. The molecule has 0 radical (unpaired) electrons. The van der Waals surface area contributed by atoms with E-state index in [4.69, 9.17) is 0 Å². The molecule has 1 atom stereocenters. The molecule has 0 N–H and O–H groups in total. The molecule has 14 heavy (non-hydrogen) atoms. The lowest BCUT2D eigenvalue weighted by Crippen LogP contribution is -2.43. The summed E-state index contributed by atoms with van der Waals surface area (Å²) in [6, 6.07) is 4.27. The highest BCUT2D eigenvalue weighted by Gasteiger charge is 2.28. The SMILES string of the molecule is CC=CC[Si](CC)(CCC)CN(C)C. The van der Waals surface area contributed by atoms with E-state index in [1.54, 1.807) is 0 Å². The monoisotopic (exact) mass is 213 g/mol. The Morgan fingerprint density at radius 2 is 1.86 bits per heavy atom. The van der Waals surface area contributed by atoms with Crippen LogP contribution in [0.2, 0.25) is 18.1 Å². The van der Waals surface area contributed by atoms with Gasteiger partial charge in [-0.25, -0.2) is 0 Å². The van der Waals surface area contributed by atoms with Crippen LogP contribution in [0.4, 0.5) is 0 Å². The van der Waals surface area contributed by atoms with Crippen LogP contribution in [0.25, 0.3) is 0 Å². The van der Waals surface area contributed by atoms with Gasteiger partial charge >= 0.3 is 0 Å². The molecule has 0 spiro atoms. The van der Waals surface area contributed by atoms with Crippen molar-refractivity contribution in [2.75, 3.05) is 20.3 Å². The Morgan fingerprint density at radius 1 is 1.21 bits per heavy atom. The third-order valence-corrected chi connectivity index (χ3v) is 8.43. The van der Waals surface area contributed by atoms with Gasteiger partial charge in [0.1, 0.15) is 0 Å². The molecule has 0 aromatic carbocycles. The van der Waals surface area contributed by atoms with Crippen LogP contribution in [0.1, 0.15) is 27.2 Å². The van der Waals surface area contributed by atoms with E-state index in [2.05, 4.69) is 51.9 Å². The van der Waals surface area contributed by atoms with Gasteiger partial charge < -0.3 is 4.90 Å². The van der Waals surface area contributed by atoms with Crippen molar-refractivity contribution in [3.8, 4) is 0 Å². The van der Waals surface area contributed by atoms with Crippen LogP contribution in [0.5, 0.6) is 0 Å². The van der Waals surface area contributed by atoms with Gasteiger partial charge in [0.2, 0.25) is 0 Å². The molecule has 0 aliphatic carbocycles. The van der Waals surface area contributed by atoms with Gasteiger partial charge in [0.05, 0.1) is 8.07 Å². The van der Waals surface area contributed by atoms with Crippen molar-refractivity contribution in [1.82, 2.24) is 4.90 Å². The van der Waals surface area contributed by atoms with E-state index in [9.17, 15) is 0 Å². The molecule has 1 nitrogen and oxygen atoms in total. The Hall–Kier alpha value is -0.0831. The molecular formula is C12H27NSi. The Labute approximate surface area is 91.2 Å². The van der Waals surface area contributed by atoms with Crippen molar-refractivity contribution in [2.45, 2.75) is 45.3 Å². The fourth-order valence-corrected chi connectivity index (χ4v) is 6.74. The number of rotatable bonds is 7. The summed E-state index contributed by atoms with van der Waals surface area (Å²) in [7, 11) is 3.41. The van der Waals surface area contributed by atoms with Gasteiger partial charge in [0, 0.05) is 0 Å². The van der Waals surface area contributed by atoms with Gasteiger partial charge in [-0.05, 0) is 33.2 Å². The van der Waals surface area contributed by atoms with Gasteiger partial charge in [0.25, 0.3) is 0 Å². The number of nitrogens with zero attached hydrogens (tertiary/aromatic N) is 1. The first-order valence-electron chi connectivity index (χ1n) is 5.86. The summed E-state index contributed by atoms with van der Waals surface area (Å²) in [6.07, 6.45) is 7.30. The zero-order chi connectivity index (χ0) is 11.0. The molecule has 0 fully saturated rings. The van der Waals surface area contributed by atoms with Crippen LogP contribution >= 0.6 is 0 Å². The lowest BCUT2D eigenvalue weighted by molar-refractivity contribution is 0.467. The molecule has 0 aliphatic rings. The summed E-state index contributed by atoms with van der Waals surface area (Å²) in [5.74, 6) is 0. The number of hydrogen-bond donors (Lipinski definition) is 0. The maximum atomic E-state index is 2.38. The molecule has 0 saturated heterocycles. The average molecular weight is 213 g/mol. The number of allylic oxidation sites excluding steroid dienone is 2. The summed E-state index contributed by atoms with van der Waals surface area (Å²) in [4.78, 5) is 2.38. The van der Waals surface area contributed by atoms with Crippen molar-refractivity contribution in [1.29, 1.82) is 0 Å². The quantitative estimate of drug-likeness (QED) is 0.462. The fraction of sp³-hybridized carbons (Fsp3) is 0.833.